The maximum atomic E-state index is 13.5. The molecule has 4 rings (SSSR count). The van der Waals surface area contributed by atoms with Gasteiger partial charge in [0.2, 0.25) is 0 Å². The van der Waals surface area contributed by atoms with Crippen molar-refractivity contribution in [1.29, 1.82) is 0 Å². The Morgan fingerprint density at radius 1 is 1.07 bits per heavy atom. The van der Waals surface area contributed by atoms with E-state index in [1.165, 1.54) is 4.90 Å². The SMILES string of the molecule is CC(C)CN1C(=O)N(Cc2ccccc2)C2(CCN(C3CCOCC3)CC2)C1=O. The monoisotopic (exact) mass is 399 g/mol. The smallest absolute Gasteiger partial charge is 0.327 e. The number of urea groups is 1. The Labute approximate surface area is 173 Å². The van der Waals surface area contributed by atoms with Crippen molar-refractivity contribution in [2.75, 3.05) is 32.8 Å². The molecule has 29 heavy (non-hydrogen) atoms. The molecule has 6 nitrogen and oxygen atoms in total. The van der Waals surface area contributed by atoms with Crippen LogP contribution in [0.15, 0.2) is 30.3 Å². The van der Waals surface area contributed by atoms with Crippen LogP contribution in [0.5, 0.6) is 0 Å². The lowest BCUT2D eigenvalue weighted by Gasteiger charge is -2.45. The zero-order valence-corrected chi connectivity index (χ0v) is 17.7. The zero-order valence-electron chi connectivity index (χ0n) is 17.7. The van der Waals surface area contributed by atoms with Gasteiger partial charge >= 0.3 is 6.03 Å². The van der Waals surface area contributed by atoms with E-state index in [2.05, 4.69) is 18.7 Å². The molecule has 0 bridgehead atoms. The molecule has 3 amide bonds. The van der Waals surface area contributed by atoms with Crippen LogP contribution in [0, 0.1) is 5.92 Å². The van der Waals surface area contributed by atoms with Gasteiger partial charge in [-0.1, -0.05) is 44.2 Å². The molecule has 3 fully saturated rings. The number of carbonyl (C=O) groups excluding carboxylic acids is 2. The lowest BCUT2D eigenvalue weighted by molar-refractivity contribution is -0.136. The van der Waals surface area contributed by atoms with Crippen LogP contribution in [0.2, 0.25) is 0 Å². The van der Waals surface area contributed by atoms with Crippen LogP contribution >= 0.6 is 0 Å². The van der Waals surface area contributed by atoms with Gasteiger partial charge in [0.15, 0.2) is 0 Å². The fourth-order valence-electron chi connectivity index (χ4n) is 5.09. The summed E-state index contributed by atoms with van der Waals surface area (Å²) in [6.07, 6.45) is 3.56. The molecule has 1 spiro atoms. The Morgan fingerprint density at radius 2 is 1.72 bits per heavy atom. The van der Waals surface area contributed by atoms with Crippen LogP contribution in [-0.2, 0) is 16.1 Å². The lowest BCUT2D eigenvalue weighted by Crippen LogP contribution is -2.58. The van der Waals surface area contributed by atoms with Crippen molar-refractivity contribution >= 4 is 11.9 Å². The molecule has 0 unspecified atom stereocenters. The third-order valence-corrected chi connectivity index (χ3v) is 6.69. The number of nitrogens with zero attached hydrogens (tertiary/aromatic N) is 3. The molecule has 158 valence electrons. The molecule has 6 heteroatoms. The molecule has 0 aliphatic carbocycles. The van der Waals surface area contributed by atoms with Gasteiger partial charge in [-0.05, 0) is 37.2 Å². The Morgan fingerprint density at radius 3 is 2.34 bits per heavy atom. The minimum atomic E-state index is -0.691. The minimum absolute atomic E-state index is 0.0127. The zero-order chi connectivity index (χ0) is 20.4. The van der Waals surface area contributed by atoms with Crippen molar-refractivity contribution in [1.82, 2.24) is 14.7 Å². The fourth-order valence-corrected chi connectivity index (χ4v) is 5.09. The van der Waals surface area contributed by atoms with E-state index in [1.807, 2.05) is 35.2 Å². The van der Waals surface area contributed by atoms with Crippen molar-refractivity contribution in [3.63, 3.8) is 0 Å². The highest BCUT2D eigenvalue weighted by molar-refractivity contribution is 6.07. The standard InChI is InChI=1S/C23H33N3O3/c1-18(2)16-25-21(27)23(26(22(25)28)17-19-6-4-3-5-7-19)10-12-24(13-11-23)20-8-14-29-15-9-20/h3-7,18,20H,8-17H2,1-2H3. The van der Waals surface area contributed by atoms with Gasteiger partial charge in [0.1, 0.15) is 5.54 Å². The van der Waals surface area contributed by atoms with Gasteiger partial charge in [-0.15, -0.1) is 0 Å². The molecule has 3 aliphatic heterocycles. The number of rotatable bonds is 5. The minimum Gasteiger partial charge on any atom is -0.381 e. The summed E-state index contributed by atoms with van der Waals surface area (Å²) in [6.45, 7) is 8.49. The number of amides is 3. The molecule has 3 aliphatic rings. The maximum Gasteiger partial charge on any atom is 0.327 e. The Balaban J connectivity index is 1.56. The summed E-state index contributed by atoms with van der Waals surface area (Å²) in [5, 5.41) is 0. The van der Waals surface area contributed by atoms with Gasteiger partial charge in [0.25, 0.3) is 5.91 Å². The number of ether oxygens (including phenoxy) is 1. The second-order valence-electron chi connectivity index (χ2n) is 9.08. The van der Waals surface area contributed by atoms with Gasteiger partial charge < -0.3 is 14.5 Å². The molecular formula is C23H33N3O3. The molecule has 0 saturated carbocycles. The number of carbonyl (C=O) groups is 2. The van der Waals surface area contributed by atoms with Crippen LogP contribution in [0.25, 0.3) is 0 Å². The first-order chi connectivity index (χ1) is 14.0. The molecule has 0 N–H and O–H groups in total. The summed E-state index contributed by atoms with van der Waals surface area (Å²) in [6, 6.07) is 10.5. The number of imide groups is 1. The second kappa shape index (κ2) is 8.44. The van der Waals surface area contributed by atoms with E-state index >= 15 is 0 Å². The van der Waals surface area contributed by atoms with E-state index in [4.69, 9.17) is 4.74 Å². The van der Waals surface area contributed by atoms with E-state index in [0.29, 0.717) is 19.1 Å². The van der Waals surface area contributed by atoms with Crippen LogP contribution < -0.4 is 0 Å². The fraction of sp³-hybridized carbons (Fsp3) is 0.652. The topological polar surface area (TPSA) is 53.1 Å². The van der Waals surface area contributed by atoms with Crippen molar-refractivity contribution < 1.29 is 14.3 Å². The van der Waals surface area contributed by atoms with Crippen LogP contribution in [0.1, 0.15) is 45.1 Å². The van der Waals surface area contributed by atoms with Crippen LogP contribution in [-0.4, -0.2) is 71.1 Å². The Kier molecular flexibility index (Phi) is 5.93. The van der Waals surface area contributed by atoms with Crippen molar-refractivity contribution in [2.45, 2.75) is 57.7 Å². The molecule has 1 aromatic carbocycles. The van der Waals surface area contributed by atoms with E-state index in [1.54, 1.807) is 0 Å². The van der Waals surface area contributed by atoms with Gasteiger partial charge in [-0.3, -0.25) is 9.69 Å². The third kappa shape index (κ3) is 3.92. The Bertz CT molecular complexity index is 722. The summed E-state index contributed by atoms with van der Waals surface area (Å²) in [4.78, 5) is 32.7. The van der Waals surface area contributed by atoms with E-state index in [9.17, 15) is 9.59 Å². The summed E-state index contributed by atoms with van der Waals surface area (Å²) < 4.78 is 5.51. The number of likely N-dealkylation sites (tertiary alicyclic amines) is 1. The quantitative estimate of drug-likeness (QED) is 0.714. The largest absolute Gasteiger partial charge is 0.381 e. The van der Waals surface area contributed by atoms with Crippen molar-refractivity contribution in [3.05, 3.63) is 35.9 Å². The number of piperidine rings is 1. The van der Waals surface area contributed by atoms with E-state index in [-0.39, 0.29) is 17.9 Å². The second-order valence-corrected chi connectivity index (χ2v) is 9.08. The lowest BCUT2D eigenvalue weighted by atomic mass is 9.84. The first-order valence-electron chi connectivity index (χ1n) is 11.0. The Hall–Kier alpha value is -1.92. The predicted octanol–water partition coefficient (Wildman–Crippen LogP) is 3.12. The summed E-state index contributed by atoms with van der Waals surface area (Å²) >= 11 is 0. The molecular weight excluding hydrogens is 366 g/mol. The molecule has 3 saturated heterocycles. The first-order valence-corrected chi connectivity index (χ1v) is 11.0. The first kappa shape index (κ1) is 20.4. The van der Waals surface area contributed by atoms with E-state index in [0.717, 1.165) is 57.6 Å². The molecule has 0 atom stereocenters. The van der Waals surface area contributed by atoms with Gasteiger partial charge in [0.05, 0.1) is 0 Å². The summed E-state index contributed by atoms with van der Waals surface area (Å²) in [5.74, 6) is 0.276. The van der Waals surface area contributed by atoms with Gasteiger partial charge in [-0.25, -0.2) is 4.79 Å². The normalized spacial score (nSPS) is 23.6. The third-order valence-electron chi connectivity index (χ3n) is 6.69. The summed E-state index contributed by atoms with van der Waals surface area (Å²) in [7, 11) is 0. The molecule has 3 heterocycles. The number of hydrogen-bond acceptors (Lipinski definition) is 4. The molecule has 1 aromatic rings. The highest BCUT2D eigenvalue weighted by atomic mass is 16.5. The average Bonchev–Trinajstić information content (AvgIpc) is 2.92. The molecule has 0 aromatic heterocycles. The average molecular weight is 400 g/mol. The van der Waals surface area contributed by atoms with Crippen molar-refractivity contribution in [3.8, 4) is 0 Å². The number of hydrogen-bond donors (Lipinski definition) is 0. The van der Waals surface area contributed by atoms with Crippen LogP contribution in [0.4, 0.5) is 4.79 Å². The van der Waals surface area contributed by atoms with Crippen molar-refractivity contribution in [2.24, 2.45) is 5.92 Å². The highest BCUT2D eigenvalue weighted by Gasteiger charge is 2.58. The maximum absolute atomic E-state index is 13.5. The van der Waals surface area contributed by atoms with Crippen LogP contribution in [0.3, 0.4) is 0 Å². The highest BCUT2D eigenvalue weighted by Crippen LogP contribution is 2.39. The van der Waals surface area contributed by atoms with Gasteiger partial charge in [0, 0.05) is 45.4 Å². The predicted molar refractivity (Wildman–Crippen MR) is 111 cm³/mol. The summed E-state index contributed by atoms with van der Waals surface area (Å²) in [5.41, 5.74) is 0.384. The van der Waals surface area contributed by atoms with Gasteiger partial charge in [-0.2, -0.15) is 0 Å². The van der Waals surface area contributed by atoms with E-state index < -0.39 is 5.54 Å². The number of benzene rings is 1. The molecule has 0 radical (unpaired) electrons.